The number of piperidine rings is 1. The minimum absolute atomic E-state index is 0.0453. The topological polar surface area (TPSA) is 149 Å². The Balaban J connectivity index is 1.31. The van der Waals surface area contributed by atoms with Crippen LogP contribution in [-0.4, -0.2) is 63.7 Å². The molecule has 3 aromatic rings. The fourth-order valence-electron chi connectivity index (χ4n) is 3.87. The van der Waals surface area contributed by atoms with E-state index >= 15 is 0 Å². The summed E-state index contributed by atoms with van der Waals surface area (Å²) >= 11 is 0. The Morgan fingerprint density at radius 2 is 1.61 bits per heavy atom. The van der Waals surface area contributed by atoms with Gasteiger partial charge in [-0.05, 0) is 54.8 Å². The maximum absolute atomic E-state index is 12.9. The molecule has 0 bridgehead atoms. The largest absolute Gasteiger partial charge is 0.497 e. The second-order valence-electron chi connectivity index (χ2n) is 8.44. The predicted molar refractivity (Wildman–Crippen MR) is 130 cm³/mol. The molecule has 0 atom stereocenters. The number of benzene rings is 2. The number of sulfonamides is 1. The number of carbonyl (C=O) groups excluding carboxylic acids is 1. The zero-order chi connectivity index (χ0) is 25.9. The quantitative estimate of drug-likeness (QED) is 0.458. The first-order valence-corrected chi connectivity index (χ1v) is 14.5. The van der Waals surface area contributed by atoms with E-state index in [9.17, 15) is 21.6 Å². The van der Waals surface area contributed by atoms with Gasteiger partial charge >= 0.3 is 6.01 Å². The first-order chi connectivity index (χ1) is 17.1. The van der Waals surface area contributed by atoms with Gasteiger partial charge in [0, 0.05) is 25.3 Å². The lowest BCUT2D eigenvalue weighted by atomic mass is 9.97. The van der Waals surface area contributed by atoms with E-state index in [1.54, 1.807) is 24.3 Å². The fraction of sp³-hybridized carbons (Fsp3) is 0.348. The van der Waals surface area contributed by atoms with Crippen molar-refractivity contribution in [3.05, 3.63) is 60.0 Å². The van der Waals surface area contributed by atoms with Crippen LogP contribution in [0.5, 0.6) is 5.75 Å². The fourth-order valence-corrected chi connectivity index (χ4v) is 5.97. The Labute approximate surface area is 209 Å². The van der Waals surface area contributed by atoms with E-state index in [1.807, 2.05) is 0 Å². The summed E-state index contributed by atoms with van der Waals surface area (Å²) in [4.78, 5) is 13.1. The second kappa shape index (κ2) is 10.4. The van der Waals surface area contributed by atoms with Crippen LogP contribution in [0.15, 0.2) is 62.7 Å². The molecule has 13 heteroatoms. The molecule has 0 saturated carbocycles. The molecule has 1 aliphatic heterocycles. The number of nitrogens with zero attached hydrogens (tertiary/aromatic N) is 3. The maximum Gasteiger partial charge on any atom is 0.322 e. The van der Waals surface area contributed by atoms with Gasteiger partial charge in [0.05, 0.1) is 23.3 Å². The zero-order valence-electron chi connectivity index (χ0n) is 19.7. The summed E-state index contributed by atoms with van der Waals surface area (Å²) in [7, 11) is -5.43. The van der Waals surface area contributed by atoms with Crippen LogP contribution < -0.4 is 10.1 Å². The summed E-state index contributed by atoms with van der Waals surface area (Å²) in [6, 6.07) is 12.5. The second-order valence-corrected chi connectivity index (χ2v) is 12.4. The van der Waals surface area contributed by atoms with Gasteiger partial charge in [0.1, 0.15) is 5.75 Å². The molecule has 1 N–H and O–H groups in total. The van der Waals surface area contributed by atoms with Crippen molar-refractivity contribution in [3.8, 4) is 5.75 Å². The van der Waals surface area contributed by atoms with Crippen molar-refractivity contribution < 1.29 is 30.8 Å². The van der Waals surface area contributed by atoms with Crippen LogP contribution in [0, 0.1) is 5.92 Å². The molecule has 1 amide bonds. The molecule has 36 heavy (non-hydrogen) atoms. The Morgan fingerprint density at radius 1 is 1.00 bits per heavy atom. The average molecular weight is 535 g/mol. The number of methoxy groups -OCH3 is 1. The molecule has 4 rings (SSSR count). The van der Waals surface area contributed by atoms with E-state index in [2.05, 4.69) is 15.5 Å². The summed E-state index contributed by atoms with van der Waals surface area (Å²) < 4.78 is 60.9. The molecule has 0 unspecified atom stereocenters. The van der Waals surface area contributed by atoms with Gasteiger partial charge in [0.2, 0.25) is 21.8 Å². The van der Waals surface area contributed by atoms with Crippen LogP contribution in [0.25, 0.3) is 0 Å². The molecule has 1 fully saturated rings. The van der Waals surface area contributed by atoms with Gasteiger partial charge in [-0.1, -0.05) is 17.2 Å². The van der Waals surface area contributed by atoms with E-state index < -0.39 is 25.8 Å². The summed E-state index contributed by atoms with van der Waals surface area (Å²) in [6.07, 6.45) is 2.12. The molecule has 1 saturated heterocycles. The highest BCUT2D eigenvalue weighted by molar-refractivity contribution is 7.90. The number of nitrogens with one attached hydrogen (secondary N) is 1. The average Bonchev–Trinajstić information content (AvgIpc) is 3.30. The number of amides is 1. The normalized spacial score (nSPS) is 15.5. The molecule has 1 aromatic heterocycles. The monoisotopic (exact) mass is 534 g/mol. The maximum atomic E-state index is 12.9. The Kier molecular flexibility index (Phi) is 7.43. The highest BCUT2D eigenvalue weighted by Gasteiger charge is 2.32. The molecule has 192 valence electrons. The third kappa shape index (κ3) is 5.91. The molecule has 2 heterocycles. The molecule has 2 aromatic carbocycles. The third-order valence-electron chi connectivity index (χ3n) is 5.93. The molecule has 0 radical (unpaired) electrons. The number of carbonyl (C=O) groups is 1. The van der Waals surface area contributed by atoms with Crippen molar-refractivity contribution in [2.75, 3.05) is 31.8 Å². The predicted octanol–water partition coefficient (Wildman–Crippen LogP) is 2.11. The number of anilines is 1. The zero-order valence-corrected chi connectivity index (χ0v) is 21.4. The number of hydrogen-bond acceptors (Lipinski definition) is 9. The number of sulfone groups is 1. The van der Waals surface area contributed by atoms with Crippen LogP contribution >= 0.6 is 0 Å². The summed E-state index contributed by atoms with van der Waals surface area (Å²) in [6.45, 7) is 0.427. The van der Waals surface area contributed by atoms with Crippen molar-refractivity contribution in [2.45, 2.75) is 29.1 Å². The van der Waals surface area contributed by atoms with Gasteiger partial charge in [-0.15, -0.1) is 5.10 Å². The Bertz CT molecular complexity index is 1430. The molecule has 0 spiro atoms. The lowest BCUT2D eigenvalue weighted by Crippen LogP contribution is -2.41. The first kappa shape index (κ1) is 25.8. The highest BCUT2D eigenvalue weighted by Crippen LogP contribution is 2.26. The van der Waals surface area contributed by atoms with E-state index in [4.69, 9.17) is 9.15 Å². The van der Waals surface area contributed by atoms with Gasteiger partial charge < -0.3 is 9.15 Å². The van der Waals surface area contributed by atoms with E-state index in [0.717, 1.165) is 11.8 Å². The van der Waals surface area contributed by atoms with Gasteiger partial charge in [0.25, 0.3) is 0 Å². The smallest absolute Gasteiger partial charge is 0.322 e. The highest BCUT2D eigenvalue weighted by atomic mass is 32.2. The molecule has 0 aliphatic carbocycles. The number of ether oxygens (including phenoxy) is 1. The van der Waals surface area contributed by atoms with Gasteiger partial charge in [-0.3, -0.25) is 10.1 Å². The van der Waals surface area contributed by atoms with E-state index in [0.29, 0.717) is 18.6 Å². The Hall–Kier alpha value is -3.29. The van der Waals surface area contributed by atoms with Gasteiger partial charge in [0.15, 0.2) is 9.84 Å². The van der Waals surface area contributed by atoms with Crippen molar-refractivity contribution in [2.24, 2.45) is 5.92 Å². The van der Waals surface area contributed by atoms with Gasteiger partial charge in [-0.2, -0.15) is 4.31 Å². The third-order valence-corrected chi connectivity index (χ3v) is 8.97. The van der Waals surface area contributed by atoms with Crippen LogP contribution in [0.1, 0.15) is 24.3 Å². The van der Waals surface area contributed by atoms with Crippen LogP contribution in [0.2, 0.25) is 0 Å². The van der Waals surface area contributed by atoms with Crippen molar-refractivity contribution in [1.82, 2.24) is 14.5 Å². The summed E-state index contributed by atoms with van der Waals surface area (Å²) in [5, 5.41) is 10.4. The van der Waals surface area contributed by atoms with Crippen LogP contribution in [0.3, 0.4) is 0 Å². The minimum Gasteiger partial charge on any atom is -0.497 e. The van der Waals surface area contributed by atoms with Crippen molar-refractivity contribution >= 4 is 31.8 Å². The number of aromatic nitrogens is 2. The molecular formula is C23H26N4O7S2. The standard InChI is InChI=1S/C23H26N4O7S2/c1-33-18-5-9-20(10-6-18)36(31,32)27-13-11-17(12-14-27)22(28)24-23-26-25-21(34-23)15-16-3-7-19(8-4-16)35(2,29)30/h3-10,17H,11-15H2,1-2H3,(H,24,26,28). The number of hydrogen-bond donors (Lipinski definition) is 1. The molecular weight excluding hydrogens is 508 g/mol. The Morgan fingerprint density at radius 3 is 2.19 bits per heavy atom. The molecule has 1 aliphatic rings. The van der Waals surface area contributed by atoms with Crippen molar-refractivity contribution in [1.29, 1.82) is 0 Å². The van der Waals surface area contributed by atoms with E-state index in [-0.39, 0.29) is 47.1 Å². The SMILES string of the molecule is COc1ccc(S(=O)(=O)N2CCC(C(=O)Nc3nnc(Cc4ccc(S(C)(=O)=O)cc4)o3)CC2)cc1. The van der Waals surface area contributed by atoms with Crippen LogP contribution in [0.4, 0.5) is 6.01 Å². The number of rotatable bonds is 8. The molecule has 11 nitrogen and oxygen atoms in total. The van der Waals surface area contributed by atoms with E-state index in [1.165, 1.54) is 35.7 Å². The van der Waals surface area contributed by atoms with Crippen molar-refractivity contribution in [3.63, 3.8) is 0 Å². The lowest BCUT2D eigenvalue weighted by molar-refractivity contribution is -0.121. The summed E-state index contributed by atoms with van der Waals surface area (Å²) in [5.41, 5.74) is 0.773. The first-order valence-electron chi connectivity index (χ1n) is 11.1. The summed E-state index contributed by atoms with van der Waals surface area (Å²) in [5.74, 6) is 0.117. The van der Waals surface area contributed by atoms with Gasteiger partial charge in [-0.25, -0.2) is 16.8 Å². The minimum atomic E-state index is -3.66. The lowest BCUT2D eigenvalue weighted by Gasteiger charge is -2.30. The van der Waals surface area contributed by atoms with Crippen LogP contribution in [-0.2, 0) is 31.1 Å².